The quantitative estimate of drug-likeness (QED) is 0.686. The second kappa shape index (κ2) is 4.03. The zero-order valence-electron chi connectivity index (χ0n) is 9.03. The fraction of sp³-hybridized carbons (Fsp3) is 0.875. The first-order chi connectivity index (χ1) is 6.73. The minimum atomic E-state index is -3.38. The van der Waals surface area contributed by atoms with Crippen molar-refractivity contribution in [3.63, 3.8) is 0 Å². The van der Waals surface area contributed by atoms with Crippen LogP contribution in [-0.2, 0) is 14.8 Å². The van der Waals surface area contributed by atoms with Crippen molar-refractivity contribution in [2.24, 2.45) is 0 Å². The van der Waals surface area contributed by atoms with Gasteiger partial charge in [0.2, 0.25) is 15.9 Å². The van der Waals surface area contributed by atoms with Crippen LogP contribution in [0.1, 0.15) is 13.8 Å². The van der Waals surface area contributed by atoms with Crippen LogP contribution in [0, 0.1) is 0 Å². The van der Waals surface area contributed by atoms with Crippen LogP contribution in [0.25, 0.3) is 0 Å². The molecule has 1 fully saturated rings. The predicted octanol–water partition coefficient (Wildman–Crippen LogP) is 0.221. The van der Waals surface area contributed by atoms with E-state index < -0.39 is 15.6 Å². The maximum Gasteiger partial charge on any atom is 0.243 e. The Hall–Kier alpha value is -0.140. The van der Waals surface area contributed by atoms with Crippen molar-refractivity contribution in [3.05, 3.63) is 0 Å². The zero-order valence-corrected chi connectivity index (χ0v) is 11.4. The summed E-state index contributed by atoms with van der Waals surface area (Å²) in [6.07, 6.45) is 0. The van der Waals surface area contributed by atoms with Gasteiger partial charge >= 0.3 is 0 Å². The second-order valence-electron chi connectivity index (χ2n) is 4.08. The van der Waals surface area contributed by atoms with Crippen LogP contribution in [0.5, 0.6) is 0 Å². The molecule has 0 aromatic heterocycles. The minimum absolute atomic E-state index is 0.152. The van der Waals surface area contributed by atoms with E-state index in [1.165, 1.54) is 4.31 Å². The van der Waals surface area contributed by atoms with Crippen molar-refractivity contribution < 1.29 is 13.2 Å². The largest absolute Gasteiger partial charge is 0.343 e. The van der Waals surface area contributed by atoms with Crippen LogP contribution in [-0.4, -0.2) is 53.9 Å². The maximum atomic E-state index is 11.8. The Kier molecular flexibility index (Phi) is 3.47. The molecule has 0 aromatic carbocycles. The number of likely N-dealkylation sites (N-methyl/N-ethyl adjacent to an activating group) is 1. The number of halogens is 1. The van der Waals surface area contributed by atoms with Crippen LogP contribution in [0.2, 0.25) is 0 Å². The Morgan fingerprint density at radius 1 is 1.40 bits per heavy atom. The van der Waals surface area contributed by atoms with E-state index in [4.69, 9.17) is 0 Å². The average molecular weight is 299 g/mol. The highest BCUT2D eigenvalue weighted by molar-refractivity contribution is 9.10. The van der Waals surface area contributed by atoms with Gasteiger partial charge in [0.05, 0.1) is 0 Å². The number of hydrogen-bond donors (Lipinski definition) is 0. The molecular formula is C8H15BrN2O3S. The third-order valence-electron chi connectivity index (χ3n) is 2.61. The summed E-state index contributed by atoms with van der Waals surface area (Å²) >= 11 is 2.94. The molecule has 7 heteroatoms. The fourth-order valence-electron chi connectivity index (χ4n) is 1.74. The van der Waals surface area contributed by atoms with E-state index >= 15 is 0 Å². The number of alkyl halides is 1. The summed E-state index contributed by atoms with van der Waals surface area (Å²) in [6, 6.07) is 0. The Balaban J connectivity index is 3.08. The van der Waals surface area contributed by atoms with Crippen molar-refractivity contribution in [2.45, 2.75) is 19.4 Å². The van der Waals surface area contributed by atoms with Gasteiger partial charge in [-0.15, -0.1) is 0 Å². The molecule has 1 rings (SSSR count). The van der Waals surface area contributed by atoms with Gasteiger partial charge in [0, 0.05) is 20.1 Å². The van der Waals surface area contributed by atoms with Gasteiger partial charge in [0.15, 0.2) is 0 Å². The monoisotopic (exact) mass is 298 g/mol. The highest BCUT2D eigenvalue weighted by atomic mass is 79.9. The molecular weight excluding hydrogens is 284 g/mol. The first kappa shape index (κ1) is 12.9. The number of rotatable bonds is 2. The molecule has 1 heterocycles. The normalized spacial score (nSPS) is 23.2. The number of carbonyl (C=O) groups excluding carboxylic acids is 1. The molecule has 0 aliphatic carbocycles. The molecule has 88 valence electrons. The molecule has 0 saturated carbocycles. The number of sulfonamides is 1. The molecule has 1 aliphatic heterocycles. The predicted molar refractivity (Wildman–Crippen MR) is 61.1 cm³/mol. The molecule has 0 radical (unpaired) electrons. The molecule has 0 N–H and O–H groups in total. The number of nitrogens with zero attached hydrogens (tertiary/aromatic N) is 2. The summed E-state index contributed by atoms with van der Waals surface area (Å²) in [5.41, 5.74) is -0.987. The SMILES string of the molecule is CN1CCN(S(=O)(=O)CBr)C(C)(C)C1=O. The lowest BCUT2D eigenvalue weighted by molar-refractivity contribution is -0.142. The Morgan fingerprint density at radius 2 is 1.93 bits per heavy atom. The van der Waals surface area contributed by atoms with Crippen LogP contribution in [0.3, 0.4) is 0 Å². The van der Waals surface area contributed by atoms with Crippen molar-refractivity contribution in [1.29, 1.82) is 0 Å². The molecule has 0 unspecified atom stereocenters. The van der Waals surface area contributed by atoms with Gasteiger partial charge in [-0.3, -0.25) is 4.79 Å². The van der Waals surface area contributed by atoms with Gasteiger partial charge in [0.1, 0.15) is 10.2 Å². The zero-order chi connectivity index (χ0) is 11.9. The van der Waals surface area contributed by atoms with Crippen LogP contribution >= 0.6 is 15.9 Å². The third kappa shape index (κ3) is 2.19. The van der Waals surface area contributed by atoms with Crippen molar-refractivity contribution in [1.82, 2.24) is 9.21 Å². The lowest BCUT2D eigenvalue weighted by Gasteiger charge is -2.43. The van der Waals surface area contributed by atoms with Gasteiger partial charge in [0.25, 0.3) is 0 Å². The van der Waals surface area contributed by atoms with E-state index in [9.17, 15) is 13.2 Å². The molecule has 5 nitrogen and oxygen atoms in total. The van der Waals surface area contributed by atoms with E-state index in [2.05, 4.69) is 15.9 Å². The molecule has 0 spiro atoms. The van der Waals surface area contributed by atoms with E-state index in [0.717, 1.165) is 0 Å². The lowest BCUT2D eigenvalue weighted by atomic mass is 10.0. The van der Waals surface area contributed by atoms with Crippen molar-refractivity contribution in [3.8, 4) is 0 Å². The fourth-order valence-corrected chi connectivity index (χ4v) is 3.73. The number of carbonyl (C=O) groups is 1. The maximum absolute atomic E-state index is 11.8. The molecule has 0 bridgehead atoms. The van der Waals surface area contributed by atoms with Gasteiger partial charge in [-0.25, -0.2) is 8.42 Å². The lowest BCUT2D eigenvalue weighted by Crippen LogP contribution is -2.63. The molecule has 15 heavy (non-hydrogen) atoms. The van der Waals surface area contributed by atoms with E-state index in [1.807, 2.05) is 0 Å². The van der Waals surface area contributed by atoms with Gasteiger partial charge in [-0.2, -0.15) is 4.31 Å². The topological polar surface area (TPSA) is 57.7 Å². The van der Waals surface area contributed by atoms with Crippen molar-refractivity contribution in [2.75, 3.05) is 24.8 Å². The summed E-state index contributed by atoms with van der Waals surface area (Å²) < 4.78 is 24.6. The number of piperazine rings is 1. The summed E-state index contributed by atoms with van der Waals surface area (Å²) in [5.74, 6) is -0.168. The molecule has 0 aromatic rings. The Bertz CT molecular complexity index is 366. The van der Waals surface area contributed by atoms with Crippen molar-refractivity contribution >= 4 is 31.9 Å². The number of hydrogen-bond acceptors (Lipinski definition) is 3. The second-order valence-corrected chi connectivity index (χ2v) is 7.28. The average Bonchev–Trinajstić information content (AvgIpc) is 2.14. The first-order valence-corrected chi connectivity index (χ1v) is 7.28. The molecule has 1 saturated heterocycles. The smallest absolute Gasteiger partial charge is 0.243 e. The van der Waals surface area contributed by atoms with E-state index in [-0.39, 0.29) is 10.6 Å². The first-order valence-electron chi connectivity index (χ1n) is 4.55. The highest BCUT2D eigenvalue weighted by Crippen LogP contribution is 2.25. The minimum Gasteiger partial charge on any atom is -0.343 e. The Morgan fingerprint density at radius 3 is 2.40 bits per heavy atom. The van der Waals surface area contributed by atoms with Gasteiger partial charge in [-0.05, 0) is 13.8 Å². The standard InChI is InChI=1S/C8H15BrN2O3S/c1-8(2)7(12)10(3)4-5-11(8)15(13,14)6-9/h4-6H2,1-3H3. The van der Waals surface area contributed by atoms with Crippen LogP contribution in [0.4, 0.5) is 0 Å². The summed E-state index contributed by atoms with van der Waals surface area (Å²) in [6.45, 7) is 4.05. The highest BCUT2D eigenvalue weighted by Gasteiger charge is 2.45. The van der Waals surface area contributed by atoms with E-state index in [0.29, 0.717) is 13.1 Å². The summed E-state index contributed by atoms with van der Waals surface area (Å²) in [4.78, 5) is 13.4. The van der Waals surface area contributed by atoms with Gasteiger partial charge in [-0.1, -0.05) is 15.9 Å². The molecule has 1 aliphatic rings. The Labute approximate surface area is 98.6 Å². The van der Waals surface area contributed by atoms with Crippen LogP contribution in [0.15, 0.2) is 0 Å². The third-order valence-corrected chi connectivity index (χ3v) is 5.93. The summed E-state index contributed by atoms with van der Waals surface area (Å²) in [7, 11) is -1.70. The van der Waals surface area contributed by atoms with Crippen LogP contribution < -0.4 is 0 Å². The number of amides is 1. The summed E-state index contributed by atoms with van der Waals surface area (Å²) in [5, 5.41) is 0. The van der Waals surface area contributed by atoms with E-state index in [1.54, 1.807) is 25.8 Å². The molecule has 0 atom stereocenters. The molecule has 1 amide bonds. The van der Waals surface area contributed by atoms with Gasteiger partial charge < -0.3 is 4.90 Å².